The highest BCUT2D eigenvalue weighted by molar-refractivity contribution is 7.47. The Morgan fingerprint density at radius 2 is 0.982 bits per heavy atom. The molecule has 0 fully saturated rings. The zero-order chi connectivity index (χ0) is 40.6. The van der Waals surface area contributed by atoms with Crippen molar-refractivity contribution in [3.05, 3.63) is 109 Å². The number of unbranched alkanes of at least 4 members (excludes halogenated alkanes) is 4. The number of phosphoric ester groups is 1. The van der Waals surface area contributed by atoms with Crippen LogP contribution in [0.5, 0.6) is 0 Å². The van der Waals surface area contributed by atoms with Crippen molar-refractivity contribution >= 4 is 13.8 Å². The Hall–Kier alpha value is -2.84. The fraction of sp³-hybridized carbons (Fsp3) is 0.587. The van der Waals surface area contributed by atoms with Crippen molar-refractivity contribution in [1.29, 1.82) is 0 Å². The first kappa shape index (κ1) is 52.2. The molecule has 0 bridgehead atoms. The molecule has 55 heavy (non-hydrogen) atoms. The molecule has 0 aromatic carbocycles. The summed E-state index contributed by atoms with van der Waals surface area (Å²) in [7, 11) is 1.59. The summed E-state index contributed by atoms with van der Waals surface area (Å²) in [5, 5.41) is 0. The van der Waals surface area contributed by atoms with Gasteiger partial charge in [-0.3, -0.25) is 13.8 Å². The van der Waals surface area contributed by atoms with Crippen LogP contribution in [-0.2, 0) is 27.9 Å². The van der Waals surface area contributed by atoms with Gasteiger partial charge in [0.1, 0.15) is 19.3 Å². The molecule has 0 aromatic heterocycles. The number of carbonyl (C=O) groups excluding carboxylic acids is 1. The molecule has 0 radical (unpaired) electrons. The van der Waals surface area contributed by atoms with Crippen LogP contribution in [0, 0.1) is 0 Å². The van der Waals surface area contributed by atoms with Crippen molar-refractivity contribution in [3.8, 4) is 0 Å². The number of quaternary nitrogens is 1. The SMILES string of the molecule is CC/C=C\C/C=C\C/C=C\C/C=C\C/C=C\CCCCOCC(COP(=O)(O)OCC[N+](C)(C)C)OC(=O)CCCC/C=C\C/C=C\C/C=C\C/C=C\CC. The molecule has 8 nitrogen and oxygen atoms in total. The summed E-state index contributed by atoms with van der Waals surface area (Å²) in [6, 6.07) is 0. The summed E-state index contributed by atoms with van der Waals surface area (Å²) >= 11 is 0. The van der Waals surface area contributed by atoms with E-state index in [0.717, 1.165) is 89.9 Å². The number of hydrogen-bond donors (Lipinski definition) is 1. The molecular weight excluding hydrogens is 709 g/mol. The Bertz CT molecular complexity index is 1240. The third-order valence-electron chi connectivity index (χ3n) is 7.83. The number of carbonyl (C=O) groups is 1. The minimum Gasteiger partial charge on any atom is -0.457 e. The van der Waals surface area contributed by atoms with Crippen molar-refractivity contribution in [3.63, 3.8) is 0 Å². The molecule has 1 N–H and O–H groups in total. The third kappa shape index (κ3) is 42.1. The lowest BCUT2D eigenvalue weighted by Crippen LogP contribution is -2.37. The van der Waals surface area contributed by atoms with Gasteiger partial charge in [-0.15, -0.1) is 0 Å². The predicted molar refractivity (Wildman–Crippen MR) is 233 cm³/mol. The van der Waals surface area contributed by atoms with Crippen LogP contribution in [0.15, 0.2) is 109 Å². The number of ether oxygens (including phenoxy) is 2. The van der Waals surface area contributed by atoms with Crippen LogP contribution in [0.25, 0.3) is 0 Å². The molecule has 2 unspecified atom stereocenters. The van der Waals surface area contributed by atoms with Crippen LogP contribution < -0.4 is 0 Å². The van der Waals surface area contributed by atoms with Gasteiger partial charge in [-0.05, 0) is 96.3 Å². The first-order chi connectivity index (χ1) is 26.6. The van der Waals surface area contributed by atoms with Gasteiger partial charge in [0, 0.05) is 13.0 Å². The number of esters is 1. The number of phosphoric acid groups is 1. The topological polar surface area (TPSA) is 91.3 Å². The number of likely N-dealkylation sites (N-methyl/N-ethyl adjacent to an activating group) is 1. The molecule has 0 rings (SSSR count). The normalized spacial score (nSPS) is 14.9. The molecule has 0 amide bonds. The minimum atomic E-state index is -4.30. The van der Waals surface area contributed by atoms with E-state index in [9.17, 15) is 14.3 Å². The quantitative estimate of drug-likeness (QED) is 0.0222. The van der Waals surface area contributed by atoms with Crippen molar-refractivity contribution < 1.29 is 37.3 Å². The molecule has 0 aliphatic rings. The summed E-state index contributed by atoms with van der Waals surface area (Å²) in [6.45, 7) is 5.17. The lowest BCUT2D eigenvalue weighted by atomic mass is 10.2. The van der Waals surface area contributed by atoms with E-state index in [1.54, 1.807) is 0 Å². The van der Waals surface area contributed by atoms with Gasteiger partial charge in [0.15, 0.2) is 0 Å². The van der Waals surface area contributed by atoms with Crippen LogP contribution in [0.1, 0.15) is 117 Å². The molecule has 0 saturated heterocycles. The Labute approximate surface area is 336 Å². The van der Waals surface area contributed by atoms with Gasteiger partial charge < -0.3 is 18.9 Å². The first-order valence-electron chi connectivity index (χ1n) is 20.6. The molecule has 2 atom stereocenters. The van der Waals surface area contributed by atoms with Gasteiger partial charge >= 0.3 is 13.8 Å². The summed E-state index contributed by atoms with van der Waals surface area (Å²) in [4.78, 5) is 22.8. The van der Waals surface area contributed by atoms with E-state index >= 15 is 0 Å². The Morgan fingerprint density at radius 3 is 1.42 bits per heavy atom. The molecule has 312 valence electrons. The van der Waals surface area contributed by atoms with Crippen LogP contribution in [0.2, 0.25) is 0 Å². The second-order valence-corrected chi connectivity index (χ2v) is 15.7. The van der Waals surface area contributed by atoms with E-state index in [1.165, 1.54) is 0 Å². The van der Waals surface area contributed by atoms with E-state index in [4.69, 9.17) is 18.5 Å². The van der Waals surface area contributed by atoms with Gasteiger partial charge in [-0.25, -0.2) is 4.57 Å². The van der Waals surface area contributed by atoms with Gasteiger partial charge in [-0.2, -0.15) is 0 Å². The highest BCUT2D eigenvalue weighted by Gasteiger charge is 2.26. The average Bonchev–Trinajstić information content (AvgIpc) is 3.13. The van der Waals surface area contributed by atoms with Gasteiger partial charge in [0.05, 0.1) is 34.4 Å². The zero-order valence-electron chi connectivity index (χ0n) is 35.1. The highest BCUT2D eigenvalue weighted by Crippen LogP contribution is 2.43. The lowest BCUT2D eigenvalue weighted by Gasteiger charge is -2.24. The number of rotatable bonds is 36. The molecular formula is C46H77NO7P+. The van der Waals surface area contributed by atoms with Crippen molar-refractivity contribution in [2.75, 3.05) is 54.1 Å². The second-order valence-electron chi connectivity index (χ2n) is 14.2. The second kappa shape index (κ2) is 38.1. The summed E-state index contributed by atoms with van der Waals surface area (Å²) < 4.78 is 34.8. The zero-order valence-corrected chi connectivity index (χ0v) is 36.0. The van der Waals surface area contributed by atoms with E-state index in [-0.39, 0.29) is 32.2 Å². The third-order valence-corrected chi connectivity index (χ3v) is 8.81. The van der Waals surface area contributed by atoms with Crippen molar-refractivity contribution in [1.82, 2.24) is 0 Å². The van der Waals surface area contributed by atoms with Gasteiger partial charge in [-0.1, -0.05) is 123 Å². The first-order valence-corrected chi connectivity index (χ1v) is 22.1. The fourth-order valence-corrected chi connectivity index (χ4v) is 5.43. The largest absolute Gasteiger partial charge is 0.472 e. The molecule has 0 aliphatic heterocycles. The maximum absolute atomic E-state index is 12.6. The Morgan fingerprint density at radius 1 is 0.564 bits per heavy atom. The summed E-state index contributed by atoms with van der Waals surface area (Å²) in [6.07, 6.45) is 52.8. The summed E-state index contributed by atoms with van der Waals surface area (Å²) in [5.74, 6) is -0.375. The lowest BCUT2D eigenvalue weighted by molar-refractivity contribution is -0.870. The van der Waals surface area contributed by atoms with E-state index in [0.29, 0.717) is 24.1 Å². The predicted octanol–water partition coefficient (Wildman–Crippen LogP) is 12.0. The average molecular weight is 787 g/mol. The highest BCUT2D eigenvalue weighted by atomic mass is 31.2. The maximum atomic E-state index is 12.6. The van der Waals surface area contributed by atoms with E-state index < -0.39 is 13.9 Å². The standard InChI is InChI=1S/C46H76NO7P/c1-6-8-10-12-14-16-18-20-22-23-24-26-28-30-32-34-36-38-41-51-43-45(44-53-55(49,50)52-42-40-47(3,4)5)54-46(48)39-37-35-33-31-29-27-25-21-19-17-15-13-11-9-7-2/h8-11,14-17,20-22,24-26,29-32,45H,6-7,12-13,18-19,23,27-28,33-44H2,1-5H3/p+1/b10-8-,11-9-,16-14-,17-15-,22-20-,25-21-,26-24-,31-29-,32-30-. The molecule has 0 heterocycles. The number of hydrogen-bond acceptors (Lipinski definition) is 6. The van der Waals surface area contributed by atoms with Crippen molar-refractivity contribution in [2.24, 2.45) is 0 Å². The van der Waals surface area contributed by atoms with Crippen LogP contribution >= 0.6 is 7.82 Å². The maximum Gasteiger partial charge on any atom is 0.472 e. The van der Waals surface area contributed by atoms with Gasteiger partial charge in [0.2, 0.25) is 0 Å². The van der Waals surface area contributed by atoms with E-state index in [2.05, 4.69) is 123 Å². The summed E-state index contributed by atoms with van der Waals surface area (Å²) in [5.41, 5.74) is 0. The van der Waals surface area contributed by atoms with Crippen LogP contribution in [-0.4, -0.2) is 75.6 Å². The van der Waals surface area contributed by atoms with Crippen molar-refractivity contribution in [2.45, 2.75) is 123 Å². The van der Waals surface area contributed by atoms with Gasteiger partial charge in [0.25, 0.3) is 0 Å². The Balaban J connectivity index is 4.46. The minimum absolute atomic E-state index is 0.0649. The number of nitrogens with zero attached hydrogens (tertiary/aromatic N) is 1. The molecule has 0 spiro atoms. The molecule has 0 aliphatic carbocycles. The smallest absolute Gasteiger partial charge is 0.457 e. The fourth-order valence-electron chi connectivity index (χ4n) is 4.68. The monoisotopic (exact) mass is 787 g/mol. The Kier molecular flexibility index (Phi) is 36.1. The molecule has 9 heteroatoms. The molecule has 0 saturated carbocycles. The van der Waals surface area contributed by atoms with Crippen LogP contribution in [0.4, 0.5) is 0 Å². The van der Waals surface area contributed by atoms with Crippen LogP contribution in [0.3, 0.4) is 0 Å². The molecule has 0 aromatic rings. The number of allylic oxidation sites excluding steroid dienone is 18. The van der Waals surface area contributed by atoms with E-state index in [1.807, 2.05) is 21.1 Å².